The number of carbonyl (C=O) groups is 3. The molecule has 1 N–H and O–H groups in total. The van der Waals surface area contributed by atoms with Gasteiger partial charge in [-0.25, -0.2) is 14.2 Å². The van der Waals surface area contributed by atoms with Crippen molar-refractivity contribution in [2.24, 2.45) is 0 Å². The van der Waals surface area contributed by atoms with E-state index in [0.717, 1.165) is 0 Å². The van der Waals surface area contributed by atoms with Crippen molar-refractivity contribution < 1.29 is 23.9 Å². The first kappa shape index (κ1) is 19.5. The Bertz CT molecular complexity index is 923. The van der Waals surface area contributed by atoms with E-state index in [1.165, 1.54) is 18.2 Å². The van der Waals surface area contributed by atoms with E-state index in [1.807, 2.05) is 0 Å². The van der Waals surface area contributed by atoms with Crippen molar-refractivity contribution >= 4 is 17.8 Å². The van der Waals surface area contributed by atoms with Gasteiger partial charge < -0.3 is 14.9 Å². The summed E-state index contributed by atoms with van der Waals surface area (Å²) in [6.45, 7) is 2.92. The monoisotopic (exact) mass is 385 g/mol. The number of carboxylic acids is 1. The van der Waals surface area contributed by atoms with Crippen LogP contribution in [0.4, 0.5) is 4.39 Å². The molecular formula is C20H20FN3O4. The largest absolute Gasteiger partial charge is 0.478 e. The van der Waals surface area contributed by atoms with E-state index >= 15 is 0 Å². The van der Waals surface area contributed by atoms with Crippen LogP contribution < -0.4 is 0 Å². The van der Waals surface area contributed by atoms with Crippen LogP contribution in [0.15, 0.2) is 36.4 Å². The molecular weight excluding hydrogens is 365 g/mol. The van der Waals surface area contributed by atoms with Crippen molar-refractivity contribution in [1.82, 2.24) is 14.8 Å². The predicted molar refractivity (Wildman–Crippen MR) is 98.5 cm³/mol. The Labute approximate surface area is 161 Å². The second-order valence-corrected chi connectivity index (χ2v) is 6.58. The normalized spacial score (nSPS) is 14.1. The van der Waals surface area contributed by atoms with Gasteiger partial charge >= 0.3 is 5.97 Å². The number of aromatic nitrogens is 1. The number of amides is 2. The van der Waals surface area contributed by atoms with Crippen molar-refractivity contribution in [3.8, 4) is 0 Å². The quantitative estimate of drug-likeness (QED) is 0.866. The number of rotatable bonds is 4. The number of halogens is 1. The van der Waals surface area contributed by atoms with Crippen LogP contribution in [0.1, 0.15) is 32.1 Å². The first-order valence-corrected chi connectivity index (χ1v) is 8.88. The topological polar surface area (TPSA) is 90.8 Å². The lowest BCUT2D eigenvalue weighted by Crippen LogP contribution is -2.51. The lowest BCUT2D eigenvalue weighted by molar-refractivity contribution is -0.132. The zero-order chi connectivity index (χ0) is 20.3. The number of nitrogens with zero attached hydrogens (tertiary/aromatic N) is 3. The lowest BCUT2D eigenvalue weighted by Gasteiger charge is -2.34. The molecule has 0 aliphatic carbocycles. The van der Waals surface area contributed by atoms with Gasteiger partial charge in [-0.2, -0.15) is 0 Å². The third-order valence-electron chi connectivity index (χ3n) is 4.75. The number of benzene rings is 1. The first-order valence-electron chi connectivity index (χ1n) is 8.88. The second-order valence-electron chi connectivity index (χ2n) is 6.58. The standard InChI is InChI=1S/C20H20FN3O4/c1-13-15(20(27)28)6-7-17(22-13)19(26)24-10-8-23(9-11-24)18(25)12-14-4-2-3-5-16(14)21/h2-7H,8-12H2,1H3,(H,27,28). The molecule has 1 aromatic heterocycles. The lowest BCUT2D eigenvalue weighted by atomic mass is 10.1. The summed E-state index contributed by atoms with van der Waals surface area (Å²) in [7, 11) is 0. The highest BCUT2D eigenvalue weighted by Crippen LogP contribution is 2.13. The molecule has 2 aromatic rings. The van der Waals surface area contributed by atoms with E-state index in [4.69, 9.17) is 5.11 Å². The van der Waals surface area contributed by atoms with Crippen LogP contribution in [0, 0.1) is 12.7 Å². The minimum Gasteiger partial charge on any atom is -0.478 e. The summed E-state index contributed by atoms with van der Waals surface area (Å²) in [4.78, 5) is 43.4. The van der Waals surface area contributed by atoms with E-state index in [-0.39, 0.29) is 35.2 Å². The summed E-state index contributed by atoms with van der Waals surface area (Å²) in [5, 5.41) is 9.05. The summed E-state index contributed by atoms with van der Waals surface area (Å²) < 4.78 is 13.7. The van der Waals surface area contributed by atoms with Gasteiger partial charge in [0.1, 0.15) is 11.5 Å². The number of hydrogen-bond donors (Lipinski definition) is 1. The van der Waals surface area contributed by atoms with Gasteiger partial charge in [-0.1, -0.05) is 18.2 Å². The zero-order valence-electron chi connectivity index (χ0n) is 15.4. The average molecular weight is 385 g/mol. The summed E-state index contributed by atoms with van der Waals surface area (Å²) in [5.74, 6) is -1.99. The smallest absolute Gasteiger partial charge is 0.337 e. The highest BCUT2D eigenvalue weighted by atomic mass is 19.1. The summed E-state index contributed by atoms with van der Waals surface area (Å²) in [5.41, 5.74) is 0.856. The van der Waals surface area contributed by atoms with Gasteiger partial charge in [-0.3, -0.25) is 9.59 Å². The van der Waals surface area contributed by atoms with E-state index in [1.54, 1.807) is 34.9 Å². The van der Waals surface area contributed by atoms with Crippen molar-refractivity contribution in [2.75, 3.05) is 26.2 Å². The van der Waals surface area contributed by atoms with Gasteiger partial charge in [0.25, 0.3) is 5.91 Å². The Hall–Kier alpha value is -3.29. The van der Waals surface area contributed by atoms with Gasteiger partial charge in [-0.15, -0.1) is 0 Å². The van der Waals surface area contributed by atoms with Crippen LogP contribution >= 0.6 is 0 Å². The molecule has 7 nitrogen and oxygen atoms in total. The Morgan fingerprint density at radius 2 is 1.68 bits per heavy atom. The fourth-order valence-electron chi connectivity index (χ4n) is 3.14. The summed E-state index contributed by atoms with van der Waals surface area (Å²) in [6.07, 6.45) is -0.0159. The van der Waals surface area contributed by atoms with Crippen molar-refractivity contribution in [1.29, 1.82) is 0 Å². The van der Waals surface area contributed by atoms with Crippen LogP contribution in [0.5, 0.6) is 0 Å². The second kappa shape index (κ2) is 8.16. The van der Waals surface area contributed by atoms with Crippen LogP contribution in [0.3, 0.4) is 0 Å². The Morgan fingerprint density at radius 1 is 1.04 bits per heavy atom. The third kappa shape index (κ3) is 4.16. The minimum atomic E-state index is -1.09. The fraction of sp³-hybridized carbons (Fsp3) is 0.300. The molecule has 3 rings (SSSR count). The predicted octanol–water partition coefficient (Wildman–Crippen LogP) is 1.75. The molecule has 0 atom stereocenters. The molecule has 0 saturated carbocycles. The highest BCUT2D eigenvalue weighted by molar-refractivity contribution is 5.94. The van der Waals surface area contributed by atoms with Gasteiger partial charge in [-0.05, 0) is 30.7 Å². The number of pyridine rings is 1. The maximum Gasteiger partial charge on any atom is 0.337 e. The van der Waals surface area contributed by atoms with Crippen molar-refractivity contribution in [2.45, 2.75) is 13.3 Å². The molecule has 1 fully saturated rings. The van der Waals surface area contributed by atoms with E-state index in [2.05, 4.69) is 4.98 Å². The number of aromatic carboxylic acids is 1. The molecule has 1 aliphatic rings. The summed E-state index contributed by atoms with van der Waals surface area (Å²) >= 11 is 0. The molecule has 0 bridgehead atoms. The molecule has 1 aromatic carbocycles. The number of piperazine rings is 1. The Morgan fingerprint density at radius 3 is 2.29 bits per heavy atom. The molecule has 2 heterocycles. The van der Waals surface area contributed by atoms with E-state index in [9.17, 15) is 18.8 Å². The van der Waals surface area contributed by atoms with Gasteiger partial charge in [0.05, 0.1) is 17.7 Å². The molecule has 146 valence electrons. The molecule has 1 aliphatic heterocycles. The number of hydrogen-bond acceptors (Lipinski definition) is 4. The maximum absolute atomic E-state index is 13.7. The molecule has 1 saturated heterocycles. The van der Waals surface area contributed by atoms with Gasteiger partial charge in [0, 0.05) is 26.2 Å². The van der Waals surface area contributed by atoms with Crippen molar-refractivity contribution in [3.63, 3.8) is 0 Å². The number of carboxylic acid groups (broad SMARTS) is 1. The average Bonchev–Trinajstić information content (AvgIpc) is 2.69. The fourth-order valence-corrected chi connectivity index (χ4v) is 3.14. The summed E-state index contributed by atoms with van der Waals surface area (Å²) in [6, 6.07) is 8.94. The molecule has 28 heavy (non-hydrogen) atoms. The van der Waals surface area contributed by atoms with E-state index in [0.29, 0.717) is 31.7 Å². The molecule has 0 unspecified atom stereocenters. The van der Waals surface area contributed by atoms with E-state index < -0.39 is 11.8 Å². The highest BCUT2D eigenvalue weighted by Gasteiger charge is 2.26. The van der Waals surface area contributed by atoms with Gasteiger partial charge in [0.2, 0.25) is 5.91 Å². The first-order chi connectivity index (χ1) is 13.4. The van der Waals surface area contributed by atoms with Crippen LogP contribution in [0.25, 0.3) is 0 Å². The van der Waals surface area contributed by atoms with Crippen LogP contribution in [-0.2, 0) is 11.2 Å². The number of aryl methyl sites for hydroxylation is 1. The minimum absolute atomic E-state index is 0.0159. The molecule has 8 heteroatoms. The molecule has 0 spiro atoms. The maximum atomic E-state index is 13.7. The Balaban J connectivity index is 1.59. The molecule has 0 radical (unpaired) electrons. The molecule has 2 amide bonds. The van der Waals surface area contributed by atoms with Crippen molar-refractivity contribution in [3.05, 3.63) is 64.7 Å². The number of carbonyl (C=O) groups excluding carboxylic acids is 2. The van der Waals surface area contributed by atoms with Crippen LogP contribution in [0.2, 0.25) is 0 Å². The van der Waals surface area contributed by atoms with Gasteiger partial charge in [0.15, 0.2) is 0 Å². The SMILES string of the molecule is Cc1nc(C(=O)N2CCN(C(=O)Cc3ccccc3F)CC2)ccc1C(=O)O. The third-order valence-corrected chi connectivity index (χ3v) is 4.75. The van der Waals surface area contributed by atoms with Crippen LogP contribution in [-0.4, -0.2) is 63.9 Å². The Kier molecular flexibility index (Phi) is 5.67. The zero-order valence-corrected chi connectivity index (χ0v) is 15.4.